The molecular formula is C24H26F2N2O6. The predicted molar refractivity (Wildman–Crippen MR) is 119 cm³/mol. The lowest BCUT2D eigenvalue weighted by atomic mass is 10.1. The number of likely N-dealkylation sites (tertiary alicyclic amines) is 1. The number of halogens is 2. The number of aromatic nitrogens is 1. The summed E-state index contributed by atoms with van der Waals surface area (Å²) in [5, 5.41) is 9.13. The molecule has 182 valence electrons. The fraction of sp³-hybridized carbons (Fsp3) is 0.458. The van der Waals surface area contributed by atoms with Crippen LogP contribution >= 0.6 is 0 Å². The maximum absolute atomic E-state index is 15.0. The number of pyridine rings is 1. The lowest BCUT2D eigenvalue weighted by molar-refractivity contribution is 0.0189. The second-order valence-corrected chi connectivity index (χ2v) is 9.74. The first-order valence-electron chi connectivity index (χ1n) is 11.0. The van der Waals surface area contributed by atoms with Gasteiger partial charge >= 0.3 is 12.1 Å². The van der Waals surface area contributed by atoms with Crippen molar-refractivity contribution in [2.75, 3.05) is 13.2 Å². The number of hydrogen-bond donors (Lipinski definition) is 1. The Balaban J connectivity index is 1.73. The fourth-order valence-corrected chi connectivity index (χ4v) is 4.10. The van der Waals surface area contributed by atoms with Crippen molar-refractivity contribution in [2.45, 2.75) is 57.7 Å². The first-order chi connectivity index (χ1) is 15.9. The van der Waals surface area contributed by atoms with Gasteiger partial charge in [-0.2, -0.15) is 4.39 Å². The summed E-state index contributed by atoms with van der Waals surface area (Å²) >= 11 is 0. The van der Waals surface area contributed by atoms with Gasteiger partial charge < -0.3 is 19.1 Å². The van der Waals surface area contributed by atoms with Gasteiger partial charge in [0.25, 0.3) is 0 Å². The summed E-state index contributed by atoms with van der Waals surface area (Å²) in [6.07, 6.45) is 2.35. The summed E-state index contributed by atoms with van der Waals surface area (Å²) < 4.78 is 42.1. The highest BCUT2D eigenvalue weighted by Gasteiger charge is 2.36. The van der Waals surface area contributed by atoms with E-state index in [2.05, 4.69) is 6.58 Å². The number of benzene rings is 1. The van der Waals surface area contributed by atoms with Crippen LogP contribution < -0.4 is 10.2 Å². The number of fused-ring (bicyclic) bond motifs is 1. The van der Waals surface area contributed by atoms with Crippen LogP contribution in [0.1, 0.15) is 56.4 Å². The molecular weight excluding hydrogens is 450 g/mol. The van der Waals surface area contributed by atoms with Gasteiger partial charge in [0.15, 0.2) is 11.6 Å². The summed E-state index contributed by atoms with van der Waals surface area (Å²) in [6.45, 7) is 9.16. The number of aromatic carboxylic acids is 1. The van der Waals surface area contributed by atoms with Crippen LogP contribution in [0.4, 0.5) is 13.6 Å². The van der Waals surface area contributed by atoms with Crippen LogP contribution in [0.5, 0.6) is 5.75 Å². The highest BCUT2D eigenvalue weighted by Crippen LogP contribution is 2.41. The van der Waals surface area contributed by atoms with Gasteiger partial charge in [-0.15, -0.1) is 0 Å². The molecule has 1 aromatic heterocycles. The lowest BCUT2D eigenvalue weighted by Gasteiger charge is -2.28. The summed E-state index contributed by atoms with van der Waals surface area (Å²) in [4.78, 5) is 38.3. The number of carbonyl (C=O) groups is 2. The van der Waals surface area contributed by atoms with Crippen LogP contribution in [0.3, 0.4) is 0 Å². The minimum absolute atomic E-state index is 0.00274. The Morgan fingerprint density at radius 1 is 1.26 bits per heavy atom. The fourth-order valence-electron chi connectivity index (χ4n) is 4.10. The highest BCUT2D eigenvalue weighted by molar-refractivity contribution is 5.94. The normalized spacial score (nSPS) is 18.4. The molecule has 0 spiro atoms. The van der Waals surface area contributed by atoms with Crippen LogP contribution in [0.15, 0.2) is 29.2 Å². The van der Waals surface area contributed by atoms with E-state index in [9.17, 15) is 28.3 Å². The molecule has 0 radical (unpaired) electrons. The maximum atomic E-state index is 15.0. The van der Waals surface area contributed by atoms with Gasteiger partial charge in [0, 0.05) is 18.8 Å². The molecule has 10 heteroatoms. The van der Waals surface area contributed by atoms with E-state index in [1.165, 1.54) is 9.47 Å². The topological polar surface area (TPSA) is 98.1 Å². The molecule has 0 bridgehead atoms. The minimum Gasteiger partial charge on any atom is -0.486 e. The van der Waals surface area contributed by atoms with Gasteiger partial charge in [0.05, 0.1) is 16.9 Å². The van der Waals surface area contributed by atoms with Crippen molar-refractivity contribution < 1.29 is 33.0 Å². The van der Waals surface area contributed by atoms with E-state index < -0.39 is 52.1 Å². The number of ether oxygens (including phenoxy) is 2. The Labute approximate surface area is 194 Å². The average molecular weight is 476 g/mol. The van der Waals surface area contributed by atoms with Crippen molar-refractivity contribution in [2.24, 2.45) is 0 Å². The SMILES string of the molecule is C=C1CC(COc2c(F)c(F)cc3c(=O)c(C(=O)O)cn(C4CC4)c23)N(C(=O)OC(C)(C)C)C1. The van der Waals surface area contributed by atoms with Crippen molar-refractivity contribution in [3.63, 3.8) is 0 Å². The summed E-state index contributed by atoms with van der Waals surface area (Å²) in [7, 11) is 0. The average Bonchev–Trinajstić information content (AvgIpc) is 3.49. The monoisotopic (exact) mass is 476 g/mol. The van der Waals surface area contributed by atoms with Gasteiger partial charge in [-0.25, -0.2) is 14.0 Å². The van der Waals surface area contributed by atoms with Crippen LogP contribution in [0, 0.1) is 11.6 Å². The molecule has 2 aromatic rings. The molecule has 1 saturated heterocycles. The molecule has 2 heterocycles. The molecule has 1 N–H and O–H groups in total. The van der Waals surface area contributed by atoms with Crippen molar-refractivity contribution in [3.8, 4) is 5.75 Å². The molecule has 1 aromatic carbocycles. The molecule has 2 aliphatic rings. The number of carboxylic acid groups (broad SMARTS) is 1. The summed E-state index contributed by atoms with van der Waals surface area (Å²) in [6, 6.07) is 0.00710. The quantitative estimate of drug-likeness (QED) is 0.648. The van der Waals surface area contributed by atoms with E-state index in [1.807, 2.05) is 0 Å². The lowest BCUT2D eigenvalue weighted by Crippen LogP contribution is -2.42. The van der Waals surface area contributed by atoms with Crippen LogP contribution in [0.25, 0.3) is 10.9 Å². The minimum atomic E-state index is -1.45. The molecule has 1 amide bonds. The third-order valence-corrected chi connectivity index (χ3v) is 5.74. The first kappa shape index (κ1) is 23.7. The molecule has 1 aliphatic heterocycles. The number of nitrogens with zero attached hydrogens (tertiary/aromatic N) is 2. The molecule has 1 saturated carbocycles. The molecule has 1 atom stereocenters. The van der Waals surface area contributed by atoms with E-state index in [0.717, 1.165) is 11.8 Å². The predicted octanol–water partition coefficient (Wildman–Crippen LogP) is 4.26. The van der Waals surface area contributed by atoms with Gasteiger partial charge in [0.1, 0.15) is 17.8 Å². The third kappa shape index (κ3) is 4.49. The second kappa shape index (κ2) is 8.41. The van der Waals surface area contributed by atoms with Gasteiger partial charge in [-0.05, 0) is 46.1 Å². The zero-order chi connectivity index (χ0) is 24.9. The molecule has 8 nitrogen and oxygen atoms in total. The largest absolute Gasteiger partial charge is 0.486 e. The van der Waals surface area contributed by atoms with E-state index in [4.69, 9.17) is 9.47 Å². The van der Waals surface area contributed by atoms with Gasteiger partial charge in [0.2, 0.25) is 11.2 Å². The van der Waals surface area contributed by atoms with Gasteiger partial charge in [-0.1, -0.05) is 12.2 Å². The van der Waals surface area contributed by atoms with Gasteiger partial charge in [-0.3, -0.25) is 9.69 Å². The van der Waals surface area contributed by atoms with E-state index in [1.54, 1.807) is 20.8 Å². The van der Waals surface area contributed by atoms with Crippen LogP contribution in [0.2, 0.25) is 0 Å². The zero-order valence-electron chi connectivity index (χ0n) is 19.2. The Hall–Kier alpha value is -3.43. The van der Waals surface area contributed by atoms with E-state index in [-0.39, 0.29) is 30.1 Å². The Morgan fingerprint density at radius 3 is 2.53 bits per heavy atom. The number of rotatable bonds is 5. The van der Waals surface area contributed by atoms with Crippen molar-refractivity contribution in [3.05, 3.63) is 51.8 Å². The smallest absolute Gasteiger partial charge is 0.410 e. The number of carbonyl (C=O) groups excluding carboxylic acids is 1. The zero-order valence-corrected chi connectivity index (χ0v) is 19.2. The van der Waals surface area contributed by atoms with Crippen LogP contribution in [-0.2, 0) is 4.74 Å². The molecule has 1 unspecified atom stereocenters. The highest BCUT2D eigenvalue weighted by atomic mass is 19.2. The summed E-state index contributed by atoms with van der Waals surface area (Å²) in [5.41, 5.74) is -1.42. The Kier molecular flexibility index (Phi) is 5.87. The standard InChI is InChI=1S/C24H26F2N2O6/c1-12-7-14(28(9-12)23(32)34-24(2,3)4)11-33-21-18(26)17(25)8-15-19(21)27(13-5-6-13)10-16(20(15)29)22(30)31/h8,10,13-14H,1,5-7,9,11H2,2-4H3,(H,30,31). The molecule has 2 fully saturated rings. The maximum Gasteiger partial charge on any atom is 0.410 e. The molecule has 1 aliphatic carbocycles. The first-order valence-corrected chi connectivity index (χ1v) is 11.0. The number of carboxylic acids is 1. The van der Waals surface area contributed by atoms with Crippen molar-refractivity contribution in [1.82, 2.24) is 9.47 Å². The third-order valence-electron chi connectivity index (χ3n) is 5.74. The van der Waals surface area contributed by atoms with E-state index >= 15 is 0 Å². The number of amides is 1. The number of hydrogen-bond acceptors (Lipinski definition) is 5. The second-order valence-electron chi connectivity index (χ2n) is 9.74. The van der Waals surface area contributed by atoms with E-state index in [0.29, 0.717) is 25.3 Å². The Morgan fingerprint density at radius 2 is 1.94 bits per heavy atom. The molecule has 4 rings (SSSR count). The van der Waals surface area contributed by atoms with Crippen LogP contribution in [-0.4, -0.2) is 51.4 Å². The summed E-state index contributed by atoms with van der Waals surface area (Å²) in [5.74, 6) is -4.56. The molecule has 34 heavy (non-hydrogen) atoms. The van der Waals surface area contributed by atoms with Crippen molar-refractivity contribution >= 4 is 23.0 Å². The Bertz CT molecular complexity index is 1260. The van der Waals surface area contributed by atoms with Crippen molar-refractivity contribution in [1.29, 1.82) is 0 Å².